The second-order valence-corrected chi connectivity index (χ2v) is 6.06. The summed E-state index contributed by atoms with van der Waals surface area (Å²) in [6, 6.07) is 2.57. The van der Waals surface area contributed by atoms with Crippen molar-refractivity contribution in [3.05, 3.63) is 29.8 Å². The highest BCUT2D eigenvalue weighted by molar-refractivity contribution is 7.89. The molecule has 0 bridgehead atoms. The highest BCUT2D eigenvalue weighted by Gasteiger charge is 2.29. The highest BCUT2D eigenvalue weighted by atomic mass is 32.2. The fourth-order valence-corrected chi connectivity index (χ4v) is 3.30. The van der Waals surface area contributed by atoms with Crippen LogP contribution in [0.15, 0.2) is 23.1 Å². The molecule has 1 aromatic carbocycles. The van der Waals surface area contributed by atoms with Gasteiger partial charge in [0.2, 0.25) is 10.0 Å². The first-order chi connectivity index (χ1) is 8.41. The molecule has 0 saturated carbocycles. The molecule has 0 spiro atoms. The van der Waals surface area contributed by atoms with Gasteiger partial charge in [-0.15, -0.1) is 0 Å². The summed E-state index contributed by atoms with van der Waals surface area (Å²) < 4.78 is 56.7. The van der Waals surface area contributed by atoms with Crippen LogP contribution in [0.5, 0.6) is 0 Å². The molecule has 1 aromatic rings. The van der Waals surface area contributed by atoms with Crippen LogP contribution in [-0.2, 0) is 14.8 Å². The van der Waals surface area contributed by atoms with Crippen molar-refractivity contribution >= 4 is 10.0 Å². The first kappa shape index (κ1) is 13.4. The van der Waals surface area contributed by atoms with Gasteiger partial charge in [0.15, 0.2) is 11.6 Å². The van der Waals surface area contributed by atoms with E-state index in [0.717, 1.165) is 12.1 Å². The van der Waals surface area contributed by atoms with Crippen LogP contribution in [0.2, 0.25) is 0 Å². The second kappa shape index (κ2) is 4.91. The van der Waals surface area contributed by atoms with E-state index in [-0.39, 0.29) is 24.1 Å². The van der Waals surface area contributed by atoms with Crippen LogP contribution >= 0.6 is 0 Å². The van der Waals surface area contributed by atoms with Gasteiger partial charge in [-0.2, -0.15) is 4.31 Å². The van der Waals surface area contributed by atoms with E-state index >= 15 is 0 Å². The topological polar surface area (TPSA) is 46.6 Å². The van der Waals surface area contributed by atoms with E-state index in [1.165, 1.54) is 4.31 Å². The molecule has 18 heavy (non-hydrogen) atoms. The first-order valence-electron chi connectivity index (χ1n) is 5.48. The number of halogens is 2. The Bertz CT molecular complexity index is 547. The lowest BCUT2D eigenvalue weighted by molar-refractivity contribution is 0.0102. The van der Waals surface area contributed by atoms with Gasteiger partial charge in [-0.05, 0) is 25.1 Å². The molecule has 4 nitrogen and oxygen atoms in total. The number of sulfonamides is 1. The molecule has 1 saturated heterocycles. The third-order valence-corrected chi connectivity index (χ3v) is 4.59. The van der Waals surface area contributed by atoms with Crippen molar-refractivity contribution in [3.63, 3.8) is 0 Å². The average Bonchev–Trinajstić information content (AvgIpc) is 2.32. The molecule has 1 aliphatic rings. The third-order valence-electron chi connectivity index (χ3n) is 2.73. The van der Waals surface area contributed by atoms with Crippen LogP contribution in [0.1, 0.15) is 6.92 Å². The molecule has 1 atom stereocenters. The maximum absolute atomic E-state index is 13.1. The number of hydrogen-bond donors (Lipinski definition) is 0. The Kier molecular flexibility index (Phi) is 3.65. The minimum absolute atomic E-state index is 0.209. The fraction of sp³-hybridized carbons (Fsp3) is 0.455. The molecule has 1 unspecified atom stereocenters. The van der Waals surface area contributed by atoms with Crippen LogP contribution in [0.4, 0.5) is 8.78 Å². The lowest BCUT2D eigenvalue weighted by atomic mass is 10.3. The van der Waals surface area contributed by atoms with Gasteiger partial charge in [0.05, 0.1) is 17.6 Å². The highest BCUT2D eigenvalue weighted by Crippen LogP contribution is 2.20. The molecular formula is C11H13F2NO3S. The van der Waals surface area contributed by atoms with E-state index in [4.69, 9.17) is 4.74 Å². The lowest BCUT2D eigenvalue weighted by Gasteiger charge is -2.30. The predicted octanol–water partition coefficient (Wildman–Crippen LogP) is 1.37. The van der Waals surface area contributed by atoms with Gasteiger partial charge < -0.3 is 4.74 Å². The van der Waals surface area contributed by atoms with Gasteiger partial charge in [0, 0.05) is 13.1 Å². The zero-order chi connectivity index (χ0) is 13.3. The molecule has 100 valence electrons. The van der Waals surface area contributed by atoms with E-state index < -0.39 is 21.7 Å². The van der Waals surface area contributed by atoms with Gasteiger partial charge in [-0.1, -0.05) is 0 Å². The number of nitrogens with zero attached hydrogens (tertiary/aromatic N) is 1. The Labute approximate surface area is 104 Å². The predicted molar refractivity (Wildman–Crippen MR) is 60.5 cm³/mol. The van der Waals surface area contributed by atoms with Crippen molar-refractivity contribution in [1.29, 1.82) is 0 Å². The van der Waals surface area contributed by atoms with Crippen molar-refractivity contribution in [2.45, 2.75) is 17.9 Å². The van der Waals surface area contributed by atoms with Gasteiger partial charge in [0.1, 0.15) is 0 Å². The van der Waals surface area contributed by atoms with Crippen molar-refractivity contribution in [2.75, 3.05) is 19.7 Å². The standard InChI is InChI=1S/C11H13F2NO3S/c1-8-7-14(4-5-17-8)18(15,16)9-2-3-10(12)11(13)6-9/h2-3,6,8H,4-5,7H2,1H3. The number of ether oxygens (including phenoxy) is 1. The number of morpholine rings is 1. The molecule has 0 aliphatic carbocycles. The molecule has 0 aromatic heterocycles. The van der Waals surface area contributed by atoms with E-state index in [2.05, 4.69) is 0 Å². The number of benzene rings is 1. The summed E-state index contributed by atoms with van der Waals surface area (Å²) in [7, 11) is -3.79. The average molecular weight is 277 g/mol. The Balaban J connectivity index is 2.32. The maximum atomic E-state index is 13.1. The van der Waals surface area contributed by atoms with E-state index in [1.807, 2.05) is 0 Å². The largest absolute Gasteiger partial charge is 0.376 e. The third kappa shape index (κ3) is 2.52. The Morgan fingerprint density at radius 3 is 2.67 bits per heavy atom. The van der Waals surface area contributed by atoms with Crippen molar-refractivity contribution < 1.29 is 21.9 Å². The Hall–Kier alpha value is -1.05. The van der Waals surface area contributed by atoms with Crippen molar-refractivity contribution in [2.24, 2.45) is 0 Å². The molecule has 0 N–H and O–H groups in total. The summed E-state index contributed by atoms with van der Waals surface area (Å²) in [6.45, 7) is 2.48. The van der Waals surface area contributed by atoms with Crippen LogP contribution in [0.3, 0.4) is 0 Å². The van der Waals surface area contributed by atoms with Crippen LogP contribution in [-0.4, -0.2) is 38.5 Å². The minimum atomic E-state index is -3.79. The fourth-order valence-electron chi connectivity index (χ4n) is 1.79. The summed E-state index contributed by atoms with van der Waals surface area (Å²) in [5, 5.41) is 0. The Morgan fingerprint density at radius 2 is 2.06 bits per heavy atom. The van der Waals surface area contributed by atoms with Crippen LogP contribution in [0.25, 0.3) is 0 Å². The SMILES string of the molecule is CC1CN(S(=O)(=O)c2ccc(F)c(F)c2)CCO1. The van der Waals surface area contributed by atoms with Crippen LogP contribution < -0.4 is 0 Å². The summed E-state index contributed by atoms with van der Waals surface area (Å²) >= 11 is 0. The smallest absolute Gasteiger partial charge is 0.243 e. The molecule has 1 aliphatic heterocycles. The molecule has 0 amide bonds. The molecule has 7 heteroatoms. The van der Waals surface area contributed by atoms with Gasteiger partial charge in [-0.25, -0.2) is 17.2 Å². The van der Waals surface area contributed by atoms with Gasteiger partial charge >= 0.3 is 0 Å². The van der Waals surface area contributed by atoms with E-state index in [0.29, 0.717) is 12.7 Å². The zero-order valence-electron chi connectivity index (χ0n) is 9.77. The summed E-state index contributed by atoms with van der Waals surface area (Å²) in [6.07, 6.45) is -0.209. The number of hydrogen-bond acceptors (Lipinski definition) is 3. The second-order valence-electron chi connectivity index (χ2n) is 4.12. The molecular weight excluding hydrogens is 264 g/mol. The van der Waals surface area contributed by atoms with Crippen LogP contribution in [0, 0.1) is 11.6 Å². The lowest BCUT2D eigenvalue weighted by Crippen LogP contribution is -2.44. The zero-order valence-corrected chi connectivity index (χ0v) is 10.6. The number of rotatable bonds is 2. The minimum Gasteiger partial charge on any atom is -0.376 e. The molecule has 1 fully saturated rings. The summed E-state index contributed by atoms with van der Waals surface area (Å²) in [4.78, 5) is -0.240. The normalized spacial score (nSPS) is 22.1. The van der Waals surface area contributed by atoms with Gasteiger partial charge in [0.25, 0.3) is 0 Å². The Morgan fingerprint density at radius 1 is 1.33 bits per heavy atom. The summed E-state index contributed by atoms with van der Waals surface area (Å²) in [5.74, 6) is -2.23. The first-order valence-corrected chi connectivity index (χ1v) is 6.92. The molecule has 0 radical (unpaired) electrons. The van der Waals surface area contributed by atoms with Crippen molar-refractivity contribution in [3.8, 4) is 0 Å². The summed E-state index contributed by atoms with van der Waals surface area (Å²) in [5.41, 5.74) is 0. The van der Waals surface area contributed by atoms with Gasteiger partial charge in [-0.3, -0.25) is 0 Å². The van der Waals surface area contributed by atoms with Crippen molar-refractivity contribution in [1.82, 2.24) is 4.31 Å². The quantitative estimate of drug-likeness (QED) is 0.820. The van der Waals surface area contributed by atoms with E-state index in [1.54, 1.807) is 6.92 Å². The maximum Gasteiger partial charge on any atom is 0.243 e. The molecule has 2 rings (SSSR count). The monoisotopic (exact) mass is 277 g/mol. The molecule has 1 heterocycles. The van der Waals surface area contributed by atoms with E-state index in [9.17, 15) is 17.2 Å².